The summed E-state index contributed by atoms with van der Waals surface area (Å²) in [5.41, 5.74) is 10.1. The molecule has 26 heavy (non-hydrogen) atoms. The van der Waals surface area contributed by atoms with Gasteiger partial charge in [-0.15, -0.1) is 0 Å². The molecule has 1 aromatic heterocycles. The Bertz CT molecular complexity index is 1230. The van der Waals surface area contributed by atoms with Gasteiger partial charge in [0.1, 0.15) is 0 Å². The Hall–Kier alpha value is -2.93. The average Bonchev–Trinajstić information content (AvgIpc) is 3.16. The molecule has 2 heterocycles. The zero-order valence-electron chi connectivity index (χ0n) is 15.1. The van der Waals surface area contributed by atoms with Crippen LogP contribution in [0.4, 0.5) is 0 Å². The summed E-state index contributed by atoms with van der Waals surface area (Å²) in [6, 6.07) is 24.6. The van der Waals surface area contributed by atoms with Crippen LogP contribution in [0.25, 0.3) is 33.2 Å². The first kappa shape index (κ1) is 14.3. The van der Waals surface area contributed by atoms with Crippen LogP contribution in [0.15, 0.2) is 72.9 Å². The molecule has 1 nitrogen and oxygen atoms in total. The second-order valence-corrected chi connectivity index (χ2v) is 8.06. The number of hydrogen-bond acceptors (Lipinski definition) is 0. The van der Waals surface area contributed by atoms with Gasteiger partial charge in [-0.05, 0) is 39.8 Å². The minimum atomic E-state index is 0.0719. The molecular formula is C25H20N+. The Kier molecular flexibility index (Phi) is 2.53. The lowest BCUT2D eigenvalue weighted by molar-refractivity contribution is -0.670. The number of fused-ring (bicyclic) bond motifs is 9. The van der Waals surface area contributed by atoms with Gasteiger partial charge in [0.2, 0.25) is 5.69 Å². The van der Waals surface area contributed by atoms with Crippen molar-refractivity contribution in [3.8, 4) is 22.4 Å². The quantitative estimate of drug-likeness (QED) is 0.331. The first-order valence-corrected chi connectivity index (χ1v) is 9.34. The average molecular weight is 334 g/mol. The third kappa shape index (κ3) is 1.59. The lowest BCUT2D eigenvalue weighted by Gasteiger charge is -2.21. The third-order valence-corrected chi connectivity index (χ3v) is 6.38. The molecule has 0 saturated carbocycles. The molecule has 0 unspecified atom stereocenters. The van der Waals surface area contributed by atoms with Crippen molar-refractivity contribution in [2.45, 2.75) is 25.8 Å². The van der Waals surface area contributed by atoms with E-state index in [1.54, 1.807) is 0 Å². The number of benzene rings is 3. The van der Waals surface area contributed by atoms with Crippen LogP contribution in [-0.4, -0.2) is 0 Å². The van der Waals surface area contributed by atoms with Gasteiger partial charge in [0.05, 0.1) is 10.9 Å². The van der Waals surface area contributed by atoms with Crippen molar-refractivity contribution >= 4 is 10.8 Å². The molecule has 0 bridgehead atoms. The fourth-order valence-electron chi connectivity index (χ4n) is 5.11. The van der Waals surface area contributed by atoms with Gasteiger partial charge in [0, 0.05) is 17.0 Å². The topological polar surface area (TPSA) is 3.88 Å². The van der Waals surface area contributed by atoms with Gasteiger partial charge in [0.25, 0.3) is 0 Å². The molecule has 1 heteroatoms. The minimum Gasteiger partial charge on any atom is -0.193 e. The minimum absolute atomic E-state index is 0.0719. The number of pyridine rings is 1. The predicted octanol–water partition coefficient (Wildman–Crippen LogP) is 5.46. The molecule has 0 atom stereocenters. The molecule has 0 N–H and O–H groups in total. The van der Waals surface area contributed by atoms with Gasteiger partial charge in [-0.3, -0.25) is 0 Å². The van der Waals surface area contributed by atoms with E-state index < -0.39 is 0 Å². The maximum absolute atomic E-state index is 2.42. The van der Waals surface area contributed by atoms with Crippen molar-refractivity contribution in [1.82, 2.24) is 0 Å². The molecule has 6 rings (SSSR count). The van der Waals surface area contributed by atoms with E-state index in [9.17, 15) is 0 Å². The van der Waals surface area contributed by atoms with Crippen molar-refractivity contribution in [1.29, 1.82) is 0 Å². The summed E-state index contributed by atoms with van der Waals surface area (Å²) >= 11 is 0. The zero-order valence-corrected chi connectivity index (χ0v) is 15.1. The molecule has 0 radical (unpaired) electrons. The van der Waals surface area contributed by atoms with Crippen LogP contribution >= 0.6 is 0 Å². The summed E-state index contributed by atoms with van der Waals surface area (Å²) in [5.74, 6) is 0. The monoisotopic (exact) mass is 334 g/mol. The van der Waals surface area contributed by atoms with Crippen molar-refractivity contribution in [3.63, 3.8) is 0 Å². The van der Waals surface area contributed by atoms with E-state index in [-0.39, 0.29) is 5.41 Å². The molecule has 0 saturated heterocycles. The van der Waals surface area contributed by atoms with Crippen LogP contribution in [0.5, 0.6) is 0 Å². The van der Waals surface area contributed by atoms with E-state index in [4.69, 9.17) is 0 Å². The van der Waals surface area contributed by atoms with Gasteiger partial charge in [-0.1, -0.05) is 62.4 Å². The van der Waals surface area contributed by atoms with Crippen LogP contribution in [0.3, 0.4) is 0 Å². The molecule has 4 aromatic rings. The van der Waals surface area contributed by atoms with Crippen molar-refractivity contribution in [2.24, 2.45) is 0 Å². The lowest BCUT2D eigenvalue weighted by Crippen LogP contribution is -2.31. The van der Waals surface area contributed by atoms with Crippen LogP contribution in [-0.2, 0) is 12.0 Å². The first-order chi connectivity index (χ1) is 12.7. The Balaban J connectivity index is 1.72. The van der Waals surface area contributed by atoms with Gasteiger partial charge < -0.3 is 0 Å². The predicted molar refractivity (Wildman–Crippen MR) is 106 cm³/mol. The Morgan fingerprint density at radius 1 is 0.769 bits per heavy atom. The molecule has 1 aliphatic heterocycles. The van der Waals surface area contributed by atoms with Crippen LogP contribution in [0.2, 0.25) is 0 Å². The van der Waals surface area contributed by atoms with E-state index >= 15 is 0 Å². The van der Waals surface area contributed by atoms with E-state index in [2.05, 4.69) is 91.3 Å². The van der Waals surface area contributed by atoms with Crippen molar-refractivity contribution in [3.05, 3.63) is 89.6 Å². The maximum Gasteiger partial charge on any atom is 0.221 e. The Morgan fingerprint density at radius 3 is 2.50 bits per heavy atom. The summed E-state index contributed by atoms with van der Waals surface area (Å²) < 4.78 is 2.42. The van der Waals surface area contributed by atoms with Gasteiger partial charge >= 0.3 is 0 Å². The normalized spacial score (nSPS) is 15.5. The fourth-order valence-corrected chi connectivity index (χ4v) is 5.11. The maximum atomic E-state index is 2.42. The lowest BCUT2D eigenvalue weighted by atomic mass is 9.82. The van der Waals surface area contributed by atoms with Crippen LogP contribution < -0.4 is 4.57 Å². The zero-order chi connectivity index (χ0) is 17.5. The second kappa shape index (κ2) is 4.62. The summed E-state index contributed by atoms with van der Waals surface area (Å²) in [6.45, 7) is 5.67. The largest absolute Gasteiger partial charge is 0.221 e. The standard InChI is InChI=1S/C25H20N/c1-25(2)21-10-6-5-9-19(21)23-20-15-26-14-13-16-7-3-4-8-17(16)24(26)18(20)11-12-22(23)25/h3-14H,15H2,1-2H3/q+1. The van der Waals surface area contributed by atoms with E-state index in [0.717, 1.165) is 6.54 Å². The highest BCUT2D eigenvalue weighted by atomic mass is 15.0. The number of rotatable bonds is 0. The number of hydrogen-bond donors (Lipinski definition) is 0. The highest BCUT2D eigenvalue weighted by Crippen LogP contribution is 2.52. The smallest absolute Gasteiger partial charge is 0.193 e. The molecule has 124 valence electrons. The van der Waals surface area contributed by atoms with Gasteiger partial charge in [-0.2, -0.15) is 4.57 Å². The fraction of sp³-hybridized carbons (Fsp3) is 0.160. The van der Waals surface area contributed by atoms with Crippen LogP contribution in [0, 0.1) is 0 Å². The first-order valence-electron chi connectivity index (χ1n) is 9.34. The van der Waals surface area contributed by atoms with Crippen molar-refractivity contribution < 1.29 is 4.57 Å². The molecule has 0 spiro atoms. The van der Waals surface area contributed by atoms with Gasteiger partial charge in [-0.25, -0.2) is 0 Å². The molecule has 1 aliphatic carbocycles. The molecular weight excluding hydrogens is 314 g/mol. The SMILES string of the molecule is CC1(C)c2ccccc2-c2c1ccc1c2C[n+]2ccc3ccccc3c2-1. The number of nitrogens with zero attached hydrogens (tertiary/aromatic N) is 1. The molecule has 3 aromatic carbocycles. The Labute approximate surface area is 153 Å². The Morgan fingerprint density at radius 2 is 1.58 bits per heavy atom. The third-order valence-electron chi connectivity index (χ3n) is 6.38. The molecule has 0 fully saturated rings. The second-order valence-electron chi connectivity index (χ2n) is 8.06. The van der Waals surface area contributed by atoms with Gasteiger partial charge in [0.15, 0.2) is 12.7 Å². The highest BCUT2D eigenvalue weighted by molar-refractivity contribution is 5.97. The van der Waals surface area contributed by atoms with Crippen LogP contribution in [0.1, 0.15) is 30.5 Å². The van der Waals surface area contributed by atoms with Crippen molar-refractivity contribution in [2.75, 3.05) is 0 Å². The summed E-state index contributed by atoms with van der Waals surface area (Å²) in [5, 5.41) is 2.66. The molecule has 0 amide bonds. The highest BCUT2D eigenvalue weighted by Gasteiger charge is 2.40. The van der Waals surface area contributed by atoms with E-state index in [1.807, 2.05) is 0 Å². The summed E-state index contributed by atoms with van der Waals surface area (Å²) in [6.07, 6.45) is 2.25. The molecule has 2 aliphatic rings. The van der Waals surface area contributed by atoms with E-state index in [1.165, 1.54) is 49.8 Å². The summed E-state index contributed by atoms with van der Waals surface area (Å²) in [7, 11) is 0. The number of aromatic nitrogens is 1. The summed E-state index contributed by atoms with van der Waals surface area (Å²) in [4.78, 5) is 0. The van der Waals surface area contributed by atoms with E-state index in [0.29, 0.717) is 0 Å².